The molecule has 0 saturated carbocycles. The maximum atomic E-state index is 12.1. The summed E-state index contributed by atoms with van der Waals surface area (Å²) in [5.74, 6) is 0.0991. The lowest BCUT2D eigenvalue weighted by molar-refractivity contribution is -0.0530. The minimum atomic E-state index is -3.54. The number of rotatable bonds is 13. The predicted molar refractivity (Wildman–Crippen MR) is 109 cm³/mol. The highest BCUT2D eigenvalue weighted by atomic mass is 31.2. The van der Waals surface area contributed by atoms with Gasteiger partial charge in [-0.2, -0.15) is 0 Å². The zero-order valence-electron chi connectivity index (χ0n) is 17.0. The number of anilines is 1. The van der Waals surface area contributed by atoms with Crippen LogP contribution in [0.4, 0.5) is 10.7 Å². The molecule has 0 fully saturated rings. The minimum absolute atomic E-state index is 0.0991. The van der Waals surface area contributed by atoms with Crippen LogP contribution in [0.25, 0.3) is 11.3 Å². The van der Waals surface area contributed by atoms with Gasteiger partial charge in [0.1, 0.15) is 5.69 Å². The van der Waals surface area contributed by atoms with Crippen LogP contribution in [0.2, 0.25) is 0 Å². The molecule has 1 unspecified atom stereocenters. The summed E-state index contributed by atoms with van der Waals surface area (Å²) in [4.78, 5) is 11.9. The van der Waals surface area contributed by atoms with Crippen LogP contribution >= 0.6 is 7.82 Å². The monoisotopic (exact) mass is 442 g/mol. The number of carbonyl (C=O) groups is 1. The standard InChI is InChI=1S/C19H27N2O8P/c1-3-25-30(24,26-4-2)27-13-9-8-12-18(22)28-19(23)20-17-14-16(21-29-17)15-10-6-5-7-11-15/h5-7,10-11,14,18,22H,3-4,8-9,12-13H2,1-2H3,(H,20,23). The van der Waals surface area contributed by atoms with E-state index in [1.54, 1.807) is 19.9 Å². The largest absolute Gasteiger partial charge is 0.474 e. The second-order valence-corrected chi connectivity index (χ2v) is 7.71. The molecule has 1 atom stereocenters. The van der Waals surface area contributed by atoms with Gasteiger partial charge in [-0.3, -0.25) is 18.9 Å². The van der Waals surface area contributed by atoms with Crippen LogP contribution in [0, 0.1) is 0 Å². The Balaban J connectivity index is 1.66. The molecular weight excluding hydrogens is 415 g/mol. The summed E-state index contributed by atoms with van der Waals surface area (Å²) in [7, 11) is -3.54. The fraction of sp³-hybridized carbons (Fsp3) is 0.474. The number of ether oxygens (including phenoxy) is 1. The van der Waals surface area contributed by atoms with Gasteiger partial charge in [0.05, 0.1) is 19.8 Å². The predicted octanol–water partition coefficient (Wildman–Crippen LogP) is 4.58. The molecule has 11 heteroatoms. The highest BCUT2D eigenvalue weighted by Crippen LogP contribution is 2.49. The number of aliphatic hydroxyl groups excluding tert-OH is 1. The molecule has 10 nitrogen and oxygen atoms in total. The fourth-order valence-electron chi connectivity index (χ4n) is 2.42. The average Bonchev–Trinajstić information content (AvgIpc) is 3.17. The summed E-state index contributed by atoms with van der Waals surface area (Å²) in [6, 6.07) is 10.9. The number of aliphatic hydroxyl groups is 1. The highest BCUT2D eigenvalue weighted by Gasteiger charge is 2.24. The van der Waals surface area contributed by atoms with E-state index in [-0.39, 0.29) is 32.1 Å². The highest BCUT2D eigenvalue weighted by molar-refractivity contribution is 7.48. The van der Waals surface area contributed by atoms with E-state index in [1.165, 1.54) is 0 Å². The van der Waals surface area contributed by atoms with Crippen molar-refractivity contribution in [2.24, 2.45) is 0 Å². The Morgan fingerprint density at radius 2 is 1.87 bits per heavy atom. The number of carbonyl (C=O) groups excluding carboxylic acids is 1. The third-order valence-electron chi connectivity index (χ3n) is 3.72. The lowest BCUT2D eigenvalue weighted by atomic mass is 10.2. The van der Waals surface area contributed by atoms with Gasteiger partial charge in [0.25, 0.3) is 0 Å². The number of aromatic nitrogens is 1. The molecule has 1 amide bonds. The average molecular weight is 442 g/mol. The van der Waals surface area contributed by atoms with E-state index in [0.717, 1.165) is 5.56 Å². The number of benzene rings is 1. The van der Waals surface area contributed by atoms with Crippen molar-refractivity contribution in [3.8, 4) is 11.3 Å². The van der Waals surface area contributed by atoms with Crippen LogP contribution in [-0.2, 0) is 22.9 Å². The van der Waals surface area contributed by atoms with Crippen LogP contribution in [0.3, 0.4) is 0 Å². The first-order chi connectivity index (χ1) is 14.5. The van der Waals surface area contributed by atoms with Gasteiger partial charge in [-0.15, -0.1) is 0 Å². The second-order valence-electron chi connectivity index (χ2n) is 6.04. The zero-order chi connectivity index (χ0) is 21.8. The first-order valence-corrected chi connectivity index (χ1v) is 11.1. The summed E-state index contributed by atoms with van der Waals surface area (Å²) in [5.41, 5.74) is 1.39. The number of phosphoric acid groups is 1. The van der Waals surface area contributed by atoms with Gasteiger partial charge in [-0.1, -0.05) is 35.5 Å². The smallest absolute Gasteiger partial charge is 0.420 e. The van der Waals surface area contributed by atoms with Gasteiger partial charge in [0, 0.05) is 18.1 Å². The molecule has 30 heavy (non-hydrogen) atoms. The lowest BCUT2D eigenvalue weighted by Crippen LogP contribution is -2.22. The van der Waals surface area contributed by atoms with Crippen molar-refractivity contribution in [1.29, 1.82) is 0 Å². The molecule has 0 aliphatic heterocycles. The third-order valence-corrected chi connectivity index (χ3v) is 5.36. The summed E-state index contributed by atoms with van der Waals surface area (Å²) in [6.07, 6.45) is -1.07. The van der Waals surface area contributed by atoms with Gasteiger partial charge in [0.2, 0.25) is 12.2 Å². The van der Waals surface area contributed by atoms with Crippen molar-refractivity contribution in [2.45, 2.75) is 39.4 Å². The minimum Gasteiger partial charge on any atom is -0.420 e. The van der Waals surface area contributed by atoms with Crippen LogP contribution in [0.1, 0.15) is 33.1 Å². The van der Waals surface area contributed by atoms with E-state index < -0.39 is 20.2 Å². The van der Waals surface area contributed by atoms with E-state index >= 15 is 0 Å². The Morgan fingerprint density at radius 3 is 2.53 bits per heavy atom. The molecule has 0 spiro atoms. The first-order valence-electron chi connectivity index (χ1n) is 9.67. The molecule has 2 N–H and O–H groups in total. The molecule has 166 valence electrons. The molecule has 1 aromatic carbocycles. The molecule has 0 bridgehead atoms. The molecule has 1 heterocycles. The number of hydrogen-bond donors (Lipinski definition) is 2. The zero-order valence-corrected chi connectivity index (χ0v) is 17.9. The number of nitrogens with zero attached hydrogens (tertiary/aromatic N) is 1. The first kappa shape index (κ1) is 24.0. The van der Waals surface area contributed by atoms with Crippen molar-refractivity contribution in [3.05, 3.63) is 36.4 Å². The van der Waals surface area contributed by atoms with E-state index in [4.69, 9.17) is 22.8 Å². The van der Waals surface area contributed by atoms with Crippen LogP contribution in [0.5, 0.6) is 0 Å². The quantitative estimate of drug-likeness (QED) is 0.260. The molecule has 0 radical (unpaired) electrons. The molecule has 2 rings (SSSR count). The van der Waals surface area contributed by atoms with Gasteiger partial charge < -0.3 is 14.4 Å². The molecule has 2 aromatic rings. The number of nitrogens with one attached hydrogen (secondary N) is 1. The van der Waals surface area contributed by atoms with Crippen molar-refractivity contribution < 1.29 is 37.3 Å². The number of amides is 1. The molecule has 0 aliphatic rings. The maximum absolute atomic E-state index is 12.1. The van der Waals surface area contributed by atoms with Crippen LogP contribution in [0.15, 0.2) is 40.9 Å². The Hall–Kier alpha value is -2.23. The van der Waals surface area contributed by atoms with E-state index in [2.05, 4.69) is 10.5 Å². The summed E-state index contributed by atoms with van der Waals surface area (Å²) >= 11 is 0. The SMILES string of the molecule is CCOP(=O)(OCC)OCCCCC(O)OC(=O)Nc1cc(-c2ccccc2)no1. The van der Waals surface area contributed by atoms with Crippen molar-refractivity contribution in [3.63, 3.8) is 0 Å². The van der Waals surface area contributed by atoms with E-state index in [0.29, 0.717) is 18.5 Å². The fourth-order valence-corrected chi connectivity index (χ4v) is 3.63. The summed E-state index contributed by atoms with van der Waals surface area (Å²) in [6.45, 7) is 3.91. The third kappa shape index (κ3) is 8.25. The van der Waals surface area contributed by atoms with Crippen LogP contribution < -0.4 is 5.32 Å². The Morgan fingerprint density at radius 1 is 1.17 bits per heavy atom. The molecule has 1 aromatic heterocycles. The Labute approximate surface area is 175 Å². The summed E-state index contributed by atoms with van der Waals surface area (Å²) in [5, 5.41) is 16.1. The maximum Gasteiger partial charge on any atom is 0.474 e. The Bertz CT molecular complexity index is 804. The molecular formula is C19H27N2O8P. The topological polar surface area (TPSA) is 129 Å². The Kier molecular flexibility index (Phi) is 9.99. The number of hydrogen-bond acceptors (Lipinski definition) is 9. The van der Waals surface area contributed by atoms with Crippen LogP contribution in [-0.4, -0.2) is 42.5 Å². The van der Waals surface area contributed by atoms with Gasteiger partial charge in [-0.25, -0.2) is 9.36 Å². The summed E-state index contributed by atoms with van der Waals surface area (Å²) < 4.78 is 37.2. The molecule has 0 aliphatic carbocycles. The van der Waals surface area contributed by atoms with E-state index in [1.807, 2.05) is 30.3 Å². The van der Waals surface area contributed by atoms with Gasteiger partial charge >= 0.3 is 13.9 Å². The normalized spacial score (nSPS) is 12.5. The van der Waals surface area contributed by atoms with Crippen molar-refractivity contribution in [2.75, 3.05) is 25.1 Å². The van der Waals surface area contributed by atoms with Crippen molar-refractivity contribution >= 4 is 19.8 Å². The van der Waals surface area contributed by atoms with Crippen molar-refractivity contribution in [1.82, 2.24) is 5.16 Å². The second kappa shape index (κ2) is 12.5. The molecule has 0 saturated heterocycles. The van der Waals surface area contributed by atoms with E-state index in [9.17, 15) is 14.5 Å². The number of phosphoric ester groups is 1. The number of unbranched alkanes of at least 4 members (excludes halogenated alkanes) is 1. The van der Waals surface area contributed by atoms with Gasteiger partial charge in [-0.05, 0) is 26.7 Å². The lowest BCUT2D eigenvalue weighted by Gasteiger charge is -2.16. The van der Waals surface area contributed by atoms with Gasteiger partial charge in [0.15, 0.2) is 0 Å².